The topological polar surface area (TPSA) is 88.0 Å². The minimum atomic E-state index is -0.261. The van der Waals surface area contributed by atoms with Gasteiger partial charge in [0, 0.05) is 26.2 Å². The van der Waals surface area contributed by atoms with E-state index in [0.29, 0.717) is 43.4 Å². The minimum absolute atomic E-state index is 0.261. The van der Waals surface area contributed by atoms with E-state index in [4.69, 9.17) is 14.5 Å². The predicted octanol–water partition coefficient (Wildman–Crippen LogP) is 3.86. The zero-order valence-electron chi connectivity index (χ0n) is 20.1. The van der Waals surface area contributed by atoms with E-state index in [1.54, 1.807) is 18.3 Å². The van der Waals surface area contributed by atoms with Gasteiger partial charge in [-0.05, 0) is 54.7 Å². The zero-order valence-corrected chi connectivity index (χ0v) is 20.1. The Kier molecular flexibility index (Phi) is 7.82. The van der Waals surface area contributed by atoms with Crippen molar-refractivity contribution in [3.05, 3.63) is 65.5 Å². The van der Waals surface area contributed by atoms with Gasteiger partial charge >= 0.3 is 0 Å². The van der Waals surface area contributed by atoms with Gasteiger partial charge in [-0.1, -0.05) is 24.3 Å². The van der Waals surface area contributed by atoms with Crippen LogP contribution in [-0.2, 0) is 11.3 Å². The lowest BCUT2D eigenvalue weighted by atomic mass is 10.1. The van der Waals surface area contributed by atoms with Crippen LogP contribution in [0.4, 0.5) is 22.2 Å². The summed E-state index contributed by atoms with van der Waals surface area (Å²) in [6, 6.07) is 13.9. The molecule has 2 aromatic carbocycles. The average Bonchev–Trinajstić information content (AvgIpc) is 2.94. The molecule has 0 bridgehead atoms. The van der Waals surface area contributed by atoms with E-state index < -0.39 is 0 Å². The van der Waals surface area contributed by atoms with Gasteiger partial charge in [-0.25, -0.2) is 9.82 Å². The molecule has 3 aromatic rings. The lowest BCUT2D eigenvalue weighted by Gasteiger charge is -2.30. The summed E-state index contributed by atoms with van der Waals surface area (Å²) in [6.45, 7) is 5.05. The Morgan fingerprint density at radius 1 is 0.917 bits per heavy atom. The number of piperidine rings is 1. The van der Waals surface area contributed by atoms with Crippen LogP contribution in [0, 0.1) is 5.82 Å². The summed E-state index contributed by atoms with van der Waals surface area (Å²) in [6.07, 6.45) is 5.21. The van der Waals surface area contributed by atoms with Gasteiger partial charge < -0.3 is 19.3 Å². The number of anilines is 3. The molecule has 2 aliphatic rings. The lowest BCUT2D eigenvalue weighted by Crippen LogP contribution is -2.38. The molecule has 0 radical (unpaired) electrons. The van der Waals surface area contributed by atoms with Gasteiger partial charge in [-0.15, -0.1) is 0 Å². The van der Waals surface area contributed by atoms with Crippen molar-refractivity contribution in [1.82, 2.24) is 15.0 Å². The van der Waals surface area contributed by atoms with E-state index in [9.17, 15) is 4.39 Å². The molecule has 5 rings (SSSR count). The number of nitrogens with zero attached hydrogens (tertiary/aromatic N) is 6. The molecule has 2 saturated heterocycles. The normalized spacial score (nSPS) is 16.4. The van der Waals surface area contributed by atoms with Crippen molar-refractivity contribution in [1.29, 1.82) is 0 Å². The highest BCUT2D eigenvalue weighted by molar-refractivity contribution is 5.80. The van der Waals surface area contributed by atoms with Crippen molar-refractivity contribution in [2.75, 3.05) is 54.6 Å². The first-order valence-corrected chi connectivity index (χ1v) is 12.3. The fourth-order valence-corrected chi connectivity index (χ4v) is 4.14. The van der Waals surface area contributed by atoms with Crippen LogP contribution in [0.25, 0.3) is 0 Å². The van der Waals surface area contributed by atoms with Crippen molar-refractivity contribution < 1.29 is 13.9 Å². The van der Waals surface area contributed by atoms with Crippen LogP contribution < -0.4 is 20.0 Å². The first-order chi connectivity index (χ1) is 17.7. The van der Waals surface area contributed by atoms with Gasteiger partial charge in [0.15, 0.2) is 0 Å². The Morgan fingerprint density at radius 3 is 2.39 bits per heavy atom. The first-order valence-electron chi connectivity index (χ1n) is 12.3. The summed E-state index contributed by atoms with van der Waals surface area (Å²) >= 11 is 0. The molecular formula is C26H30FN7O2. The van der Waals surface area contributed by atoms with Crippen molar-refractivity contribution in [2.24, 2.45) is 5.10 Å². The molecule has 10 heteroatoms. The summed E-state index contributed by atoms with van der Waals surface area (Å²) in [5.74, 6) is 2.17. The van der Waals surface area contributed by atoms with Gasteiger partial charge in [0.2, 0.25) is 17.8 Å². The molecule has 0 aliphatic carbocycles. The highest BCUT2D eigenvalue weighted by Gasteiger charge is 2.20. The number of nitrogens with one attached hydrogen (secondary N) is 1. The average molecular weight is 492 g/mol. The maximum Gasteiger partial charge on any atom is 0.250 e. The van der Waals surface area contributed by atoms with Gasteiger partial charge in [0.05, 0.1) is 19.4 Å². The third-order valence-corrected chi connectivity index (χ3v) is 6.10. The van der Waals surface area contributed by atoms with Crippen molar-refractivity contribution in [3.63, 3.8) is 0 Å². The van der Waals surface area contributed by atoms with Gasteiger partial charge in [-0.2, -0.15) is 20.1 Å². The zero-order chi connectivity index (χ0) is 24.6. The van der Waals surface area contributed by atoms with Gasteiger partial charge in [0.1, 0.15) is 18.2 Å². The molecule has 3 heterocycles. The van der Waals surface area contributed by atoms with Crippen LogP contribution >= 0.6 is 0 Å². The summed E-state index contributed by atoms with van der Waals surface area (Å²) in [5, 5.41) is 4.37. The summed E-state index contributed by atoms with van der Waals surface area (Å²) in [4.78, 5) is 18.3. The lowest BCUT2D eigenvalue weighted by molar-refractivity contribution is 0.122. The number of hydrogen-bond acceptors (Lipinski definition) is 9. The number of aromatic nitrogens is 3. The van der Waals surface area contributed by atoms with Crippen LogP contribution in [0.3, 0.4) is 0 Å². The number of morpholine rings is 1. The Hall–Kier alpha value is -3.79. The molecule has 188 valence electrons. The van der Waals surface area contributed by atoms with E-state index in [1.165, 1.54) is 18.6 Å². The molecule has 2 aliphatic heterocycles. The van der Waals surface area contributed by atoms with Crippen LogP contribution in [-0.4, -0.2) is 60.6 Å². The Labute approximate surface area is 210 Å². The fraction of sp³-hybridized carbons (Fsp3) is 0.385. The molecule has 2 fully saturated rings. The van der Waals surface area contributed by atoms with Gasteiger partial charge in [-0.3, -0.25) is 0 Å². The summed E-state index contributed by atoms with van der Waals surface area (Å²) in [7, 11) is 0. The molecule has 9 nitrogen and oxygen atoms in total. The van der Waals surface area contributed by atoms with Gasteiger partial charge in [0.25, 0.3) is 0 Å². The Morgan fingerprint density at radius 2 is 1.64 bits per heavy atom. The quantitative estimate of drug-likeness (QED) is 0.375. The third-order valence-electron chi connectivity index (χ3n) is 6.10. The number of halogens is 1. The predicted molar refractivity (Wildman–Crippen MR) is 137 cm³/mol. The first kappa shape index (κ1) is 23.9. The van der Waals surface area contributed by atoms with E-state index in [2.05, 4.69) is 30.3 Å². The Balaban J connectivity index is 1.26. The molecule has 1 aromatic heterocycles. The maximum absolute atomic E-state index is 13.1. The van der Waals surface area contributed by atoms with Crippen molar-refractivity contribution in [2.45, 2.75) is 25.9 Å². The molecule has 0 saturated carbocycles. The smallest absolute Gasteiger partial charge is 0.250 e. The van der Waals surface area contributed by atoms with E-state index in [1.807, 2.05) is 24.3 Å². The molecule has 36 heavy (non-hydrogen) atoms. The largest absolute Gasteiger partial charge is 0.489 e. The Bertz CT molecular complexity index is 1130. The van der Waals surface area contributed by atoms with E-state index >= 15 is 0 Å². The monoisotopic (exact) mass is 491 g/mol. The second-order valence-electron chi connectivity index (χ2n) is 8.76. The number of ether oxygens (including phenoxy) is 2. The van der Waals surface area contributed by atoms with Crippen LogP contribution in [0.15, 0.2) is 53.6 Å². The maximum atomic E-state index is 13.1. The number of benzene rings is 2. The SMILES string of the molecule is Fc1ccc(COc2cccc(/C=N/Nc3nc(N4CCCCC4)nc(N4CCOCC4)n3)c2)cc1. The second-order valence-corrected chi connectivity index (χ2v) is 8.76. The molecule has 0 spiro atoms. The highest BCUT2D eigenvalue weighted by atomic mass is 19.1. The van der Waals surface area contributed by atoms with Crippen LogP contribution in [0.5, 0.6) is 5.75 Å². The highest BCUT2D eigenvalue weighted by Crippen LogP contribution is 2.21. The van der Waals surface area contributed by atoms with E-state index in [0.717, 1.165) is 50.1 Å². The minimum Gasteiger partial charge on any atom is -0.489 e. The third kappa shape index (κ3) is 6.45. The fourth-order valence-electron chi connectivity index (χ4n) is 4.14. The number of rotatable bonds is 8. The van der Waals surface area contributed by atoms with Crippen molar-refractivity contribution >= 4 is 24.1 Å². The summed E-state index contributed by atoms with van der Waals surface area (Å²) < 4.78 is 24.4. The molecule has 0 amide bonds. The summed E-state index contributed by atoms with van der Waals surface area (Å²) in [5.41, 5.74) is 4.74. The molecule has 0 atom stereocenters. The molecular weight excluding hydrogens is 461 g/mol. The van der Waals surface area contributed by atoms with Crippen LogP contribution in [0.1, 0.15) is 30.4 Å². The second kappa shape index (κ2) is 11.8. The van der Waals surface area contributed by atoms with Crippen molar-refractivity contribution in [3.8, 4) is 5.75 Å². The number of hydrogen-bond donors (Lipinski definition) is 1. The van der Waals surface area contributed by atoms with E-state index in [-0.39, 0.29) is 5.82 Å². The van der Waals surface area contributed by atoms with Crippen LogP contribution in [0.2, 0.25) is 0 Å². The standard InChI is InChI=1S/C26H30FN7O2/c27-22-9-7-20(8-10-22)19-36-23-6-4-5-21(17-23)18-28-32-24-29-25(33-11-2-1-3-12-33)31-26(30-24)34-13-15-35-16-14-34/h4-10,17-18H,1-3,11-16,19H2,(H,29,30,31,32)/b28-18+. The number of hydrazone groups is 1. The molecule has 1 N–H and O–H groups in total. The molecule has 0 unspecified atom stereocenters.